The number of benzene rings is 1. The van der Waals surface area contributed by atoms with Crippen molar-refractivity contribution in [2.75, 3.05) is 45.2 Å². The third-order valence-electron chi connectivity index (χ3n) is 6.36. The Kier molecular flexibility index (Phi) is 6.14. The summed E-state index contributed by atoms with van der Waals surface area (Å²) < 4.78 is 0. The second-order valence-corrected chi connectivity index (χ2v) is 8.52. The van der Waals surface area contributed by atoms with Crippen LogP contribution < -0.4 is 4.90 Å². The Morgan fingerprint density at radius 1 is 0.931 bits per heavy atom. The summed E-state index contributed by atoms with van der Waals surface area (Å²) in [5.41, 5.74) is 3.92. The first-order chi connectivity index (χ1) is 14.1. The van der Waals surface area contributed by atoms with Crippen LogP contribution in [-0.2, 0) is 0 Å². The molecule has 1 aliphatic heterocycles. The van der Waals surface area contributed by atoms with E-state index in [1.807, 2.05) is 31.3 Å². The van der Waals surface area contributed by atoms with Crippen molar-refractivity contribution in [2.24, 2.45) is 0 Å². The van der Waals surface area contributed by atoms with E-state index in [-0.39, 0.29) is 5.91 Å². The zero-order valence-electron chi connectivity index (χ0n) is 17.7. The van der Waals surface area contributed by atoms with Crippen LogP contribution in [0, 0.1) is 0 Å². The van der Waals surface area contributed by atoms with E-state index in [1.54, 1.807) is 6.20 Å². The van der Waals surface area contributed by atoms with E-state index < -0.39 is 0 Å². The summed E-state index contributed by atoms with van der Waals surface area (Å²) in [6.07, 6.45) is 9.97. The third-order valence-corrected chi connectivity index (χ3v) is 6.36. The van der Waals surface area contributed by atoms with Crippen molar-refractivity contribution in [2.45, 2.75) is 38.1 Å². The van der Waals surface area contributed by atoms with E-state index in [1.165, 1.54) is 25.7 Å². The number of hydrogen-bond acceptors (Lipinski definition) is 4. The van der Waals surface area contributed by atoms with Crippen molar-refractivity contribution in [3.05, 3.63) is 48.3 Å². The molecular weight excluding hydrogens is 360 g/mol. The fourth-order valence-corrected chi connectivity index (χ4v) is 4.62. The monoisotopic (exact) mass is 392 g/mol. The van der Waals surface area contributed by atoms with Crippen LogP contribution in [-0.4, -0.2) is 67.0 Å². The number of pyridine rings is 1. The highest BCUT2D eigenvalue weighted by Gasteiger charge is 2.26. The highest BCUT2D eigenvalue weighted by Crippen LogP contribution is 2.25. The lowest BCUT2D eigenvalue weighted by Gasteiger charge is -2.27. The van der Waals surface area contributed by atoms with Crippen LogP contribution in [0.25, 0.3) is 11.1 Å². The van der Waals surface area contributed by atoms with Crippen LogP contribution >= 0.6 is 0 Å². The summed E-state index contributed by atoms with van der Waals surface area (Å²) >= 11 is 0. The minimum atomic E-state index is 0.109. The molecule has 154 valence electrons. The summed E-state index contributed by atoms with van der Waals surface area (Å²) in [6.45, 7) is 3.77. The standard InChI is InChI=1S/C24H32N4O/c1-26(2)22-10-8-19(9-11-22)20-16-21(18-25-17-20)24(29)28-13-5-12-27(14-15-28)23-6-3-4-7-23/h8-11,16-18,23H,3-7,12-15H2,1-2H3. The Balaban J connectivity index is 1.45. The fourth-order valence-electron chi connectivity index (χ4n) is 4.62. The molecule has 0 N–H and O–H groups in total. The van der Waals surface area contributed by atoms with E-state index in [0.29, 0.717) is 5.56 Å². The van der Waals surface area contributed by atoms with Gasteiger partial charge in [-0.1, -0.05) is 25.0 Å². The third kappa shape index (κ3) is 4.61. The molecule has 1 aliphatic carbocycles. The molecule has 29 heavy (non-hydrogen) atoms. The van der Waals surface area contributed by atoms with E-state index >= 15 is 0 Å². The number of anilines is 1. The molecule has 5 heteroatoms. The van der Waals surface area contributed by atoms with Gasteiger partial charge in [0.25, 0.3) is 5.91 Å². The number of amides is 1. The predicted octanol–water partition coefficient (Wildman–Crippen LogP) is 3.91. The van der Waals surface area contributed by atoms with Crippen LogP contribution in [0.3, 0.4) is 0 Å². The average molecular weight is 393 g/mol. The summed E-state index contributed by atoms with van der Waals surface area (Å²) in [7, 11) is 4.07. The number of nitrogens with zero attached hydrogens (tertiary/aromatic N) is 4. The smallest absolute Gasteiger partial charge is 0.255 e. The maximum absolute atomic E-state index is 13.2. The van der Waals surface area contributed by atoms with Crippen molar-refractivity contribution in [1.29, 1.82) is 0 Å². The molecule has 4 rings (SSSR count). The van der Waals surface area contributed by atoms with E-state index in [9.17, 15) is 4.79 Å². The lowest BCUT2D eigenvalue weighted by Crippen LogP contribution is -2.38. The van der Waals surface area contributed by atoms with Gasteiger partial charge in [0, 0.05) is 70.0 Å². The molecule has 0 spiro atoms. The van der Waals surface area contributed by atoms with Gasteiger partial charge in [-0.15, -0.1) is 0 Å². The van der Waals surface area contributed by atoms with Gasteiger partial charge in [0.15, 0.2) is 0 Å². The highest BCUT2D eigenvalue weighted by atomic mass is 16.2. The number of aromatic nitrogens is 1. The predicted molar refractivity (Wildman–Crippen MR) is 118 cm³/mol. The molecule has 0 atom stereocenters. The Labute approximate surface area is 174 Å². The van der Waals surface area contributed by atoms with Gasteiger partial charge in [0.05, 0.1) is 5.56 Å². The Morgan fingerprint density at radius 2 is 1.69 bits per heavy atom. The molecule has 2 fully saturated rings. The zero-order chi connectivity index (χ0) is 20.2. The maximum Gasteiger partial charge on any atom is 0.255 e. The molecule has 1 amide bonds. The van der Waals surface area contributed by atoms with Crippen LogP contribution in [0.15, 0.2) is 42.7 Å². The minimum Gasteiger partial charge on any atom is -0.378 e. The quantitative estimate of drug-likeness (QED) is 0.791. The van der Waals surface area contributed by atoms with Crippen molar-refractivity contribution in [3.8, 4) is 11.1 Å². The minimum absolute atomic E-state index is 0.109. The molecule has 2 heterocycles. The molecule has 2 aromatic rings. The number of carbonyl (C=O) groups excluding carboxylic acids is 1. The zero-order valence-corrected chi connectivity index (χ0v) is 17.7. The molecule has 2 aliphatic rings. The number of hydrogen-bond donors (Lipinski definition) is 0. The van der Waals surface area contributed by atoms with Gasteiger partial charge in [0.2, 0.25) is 0 Å². The topological polar surface area (TPSA) is 39.7 Å². The second-order valence-electron chi connectivity index (χ2n) is 8.52. The van der Waals surface area contributed by atoms with Gasteiger partial charge in [-0.3, -0.25) is 14.7 Å². The Morgan fingerprint density at radius 3 is 2.41 bits per heavy atom. The SMILES string of the molecule is CN(C)c1ccc(-c2cncc(C(=O)N3CCCN(C4CCCC4)CC3)c2)cc1. The first kappa shape index (κ1) is 19.9. The fraction of sp³-hybridized carbons (Fsp3) is 0.500. The molecule has 1 saturated heterocycles. The van der Waals surface area contributed by atoms with E-state index in [4.69, 9.17) is 0 Å². The van der Waals surface area contributed by atoms with Gasteiger partial charge in [0.1, 0.15) is 0 Å². The molecular formula is C24H32N4O. The summed E-state index contributed by atoms with van der Waals surface area (Å²) in [4.78, 5) is 24.2. The van der Waals surface area contributed by atoms with E-state index in [0.717, 1.165) is 55.5 Å². The van der Waals surface area contributed by atoms with Crippen molar-refractivity contribution < 1.29 is 4.79 Å². The molecule has 0 unspecified atom stereocenters. The first-order valence-electron chi connectivity index (χ1n) is 10.9. The van der Waals surface area contributed by atoms with Gasteiger partial charge in [-0.25, -0.2) is 0 Å². The molecule has 1 aromatic carbocycles. The summed E-state index contributed by atoms with van der Waals surface area (Å²) in [6, 6.07) is 11.1. The first-order valence-corrected chi connectivity index (χ1v) is 10.9. The van der Waals surface area contributed by atoms with Crippen LogP contribution in [0.4, 0.5) is 5.69 Å². The maximum atomic E-state index is 13.2. The van der Waals surface area contributed by atoms with Gasteiger partial charge < -0.3 is 9.80 Å². The highest BCUT2D eigenvalue weighted by molar-refractivity contribution is 5.95. The van der Waals surface area contributed by atoms with Crippen LogP contribution in [0.5, 0.6) is 0 Å². The van der Waals surface area contributed by atoms with Crippen LogP contribution in [0.1, 0.15) is 42.5 Å². The van der Waals surface area contributed by atoms with Crippen molar-refractivity contribution in [1.82, 2.24) is 14.8 Å². The lowest BCUT2D eigenvalue weighted by atomic mass is 10.0. The normalized spacial score (nSPS) is 18.6. The Hall–Kier alpha value is -2.40. The average Bonchev–Trinajstić information content (AvgIpc) is 3.18. The summed E-state index contributed by atoms with van der Waals surface area (Å²) in [5, 5.41) is 0. The number of carbonyl (C=O) groups is 1. The molecule has 5 nitrogen and oxygen atoms in total. The summed E-state index contributed by atoms with van der Waals surface area (Å²) in [5.74, 6) is 0.109. The molecule has 0 radical (unpaired) electrons. The molecule has 0 bridgehead atoms. The number of rotatable bonds is 4. The molecule has 1 aromatic heterocycles. The second kappa shape index (κ2) is 8.95. The van der Waals surface area contributed by atoms with Gasteiger partial charge in [-0.2, -0.15) is 0 Å². The largest absolute Gasteiger partial charge is 0.378 e. The Bertz CT molecular complexity index is 827. The van der Waals surface area contributed by atoms with Gasteiger partial charge >= 0.3 is 0 Å². The molecule has 1 saturated carbocycles. The van der Waals surface area contributed by atoms with Gasteiger partial charge in [-0.05, 0) is 43.0 Å². The lowest BCUT2D eigenvalue weighted by molar-refractivity contribution is 0.0758. The van der Waals surface area contributed by atoms with E-state index in [2.05, 4.69) is 39.0 Å². The van der Waals surface area contributed by atoms with Crippen LogP contribution in [0.2, 0.25) is 0 Å². The van der Waals surface area contributed by atoms with Crippen molar-refractivity contribution >= 4 is 11.6 Å². The van der Waals surface area contributed by atoms with Crippen molar-refractivity contribution in [3.63, 3.8) is 0 Å².